The Morgan fingerprint density at radius 2 is 2.22 bits per heavy atom. The number of nitrogens with zero attached hydrogens (tertiary/aromatic N) is 3. The molecule has 4 atom stereocenters. The molecule has 6 heteroatoms. The summed E-state index contributed by atoms with van der Waals surface area (Å²) in [7, 11) is 0. The SMILES string of the molecule is CC(NC(=O)C1CC2CCCCC2N1)c1nnc2ccccn12. The highest BCUT2D eigenvalue weighted by atomic mass is 16.2. The second-order valence-electron chi connectivity index (χ2n) is 6.82. The molecule has 0 aromatic carbocycles. The van der Waals surface area contributed by atoms with Gasteiger partial charge in [-0.15, -0.1) is 10.2 Å². The van der Waals surface area contributed by atoms with Crippen molar-refractivity contribution in [2.45, 2.75) is 57.2 Å². The van der Waals surface area contributed by atoms with Crippen LogP contribution in [0.1, 0.15) is 50.9 Å². The van der Waals surface area contributed by atoms with E-state index in [1.165, 1.54) is 25.7 Å². The Balaban J connectivity index is 1.44. The highest BCUT2D eigenvalue weighted by Gasteiger charge is 2.38. The molecule has 0 spiro atoms. The second kappa shape index (κ2) is 5.92. The van der Waals surface area contributed by atoms with Gasteiger partial charge in [-0.05, 0) is 44.2 Å². The average Bonchev–Trinajstić information content (AvgIpc) is 3.18. The van der Waals surface area contributed by atoms with Gasteiger partial charge >= 0.3 is 0 Å². The summed E-state index contributed by atoms with van der Waals surface area (Å²) in [5, 5.41) is 15.0. The molecule has 1 saturated heterocycles. The predicted molar refractivity (Wildman–Crippen MR) is 86.8 cm³/mol. The lowest BCUT2D eigenvalue weighted by Crippen LogP contribution is -2.44. The monoisotopic (exact) mass is 313 g/mol. The van der Waals surface area contributed by atoms with Crippen LogP contribution in [0.15, 0.2) is 24.4 Å². The topological polar surface area (TPSA) is 71.3 Å². The first-order valence-corrected chi connectivity index (χ1v) is 8.58. The zero-order valence-corrected chi connectivity index (χ0v) is 13.4. The van der Waals surface area contributed by atoms with Crippen molar-refractivity contribution in [1.29, 1.82) is 0 Å². The van der Waals surface area contributed by atoms with E-state index in [-0.39, 0.29) is 18.0 Å². The smallest absolute Gasteiger partial charge is 0.237 e. The molecule has 23 heavy (non-hydrogen) atoms. The molecule has 3 heterocycles. The average molecular weight is 313 g/mol. The molecule has 0 radical (unpaired) electrons. The van der Waals surface area contributed by atoms with Gasteiger partial charge in [0.2, 0.25) is 5.91 Å². The molecule has 4 unspecified atom stereocenters. The molecule has 2 N–H and O–H groups in total. The summed E-state index contributed by atoms with van der Waals surface area (Å²) in [5.41, 5.74) is 0.800. The lowest BCUT2D eigenvalue weighted by atomic mass is 9.85. The zero-order chi connectivity index (χ0) is 15.8. The largest absolute Gasteiger partial charge is 0.345 e. The summed E-state index contributed by atoms with van der Waals surface area (Å²) in [6.07, 6.45) is 7.94. The predicted octanol–water partition coefficient (Wildman–Crippen LogP) is 1.83. The van der Waals surface area contributed by atoms with Crippen LogP contribution in [-0.2, 0) is 4.79 Å². The third-order valence-corrected chi connectivity index (χ3v) is 5.27. The first-order valence-electron chi connectivity index (χ1n) is 8.58. The van der Waals surface area contributed by atoms with Gasteiger partial charge in [0.05, 0.1) is 12.1 Å². The zero-order valence-electron chi connectivity index (χ0n) is 13.4. The van der Waals surface area contributed by atoms with Crippen molar-refractivity contribution in [1.82, 2.24) is 25.2 Å². The summed E-state index contributed by atoms with van der Waals surface area (Å²) >= 11 is 0. The number of carbonyl (C=O) groups excluding carboxylic acids is 1. The Bertz CT molecular complexity index is 698. The van der Waals surface area contributed by atoms with E-state index in [0.717, 1.165) is 17.9 Å². The Kier molecular flexibility index (Phi) is 3.77. The molecule has 1 amide bonds. The first-order chi connectivity index (χ1) is 11.2. The lowest BCUT2D eigenvalue weighted by Gasteiger charge is -2.24. The minimum atomic E-state index is -0.163. The number of rotatable bonds is 3. The number of nitrogens with one attached hydrogen (secondary N) is 2. The molecule has 2 fully saturated rings. The van der Waals surface area contributed by atoms with E-state index in [1.807, 2.05) is 35.7 Å². The molecular formula is C17H23N5O. The summed E-state index contributed by atoms with van der Waals surface area (Å²) in [5.74, 6) is 1.52. The van der Waals surface area contributed by atoms with Crippen molar-refractivity contribution >= 4 is 11.6 Å². The van der Waals surface area contributed by atoms with E-state index in [4.69, 9.17) is 0 Å². The number of pyridine rings is 1. The van der Waals surface area contributed by atoms with Gasteiger partial charge in [0.15, 0.2) is 11.5 Å². The standard InChI is InChI=1S/C17H23N5O/c1-11(16-21-20-15-8-4-5-9-22(15)16)18-17(23)14-10-12-6-2-3-7-13(12)19-14/h4-5,8-9,11-14,19H,2-3,6-7,10H2,1H3,(H,18,23). The third kappa shape index (κ3) is 2.72. The van der Waals surface area contributed by atoms with Crippen LogP contribution in [0, 0.1) is 5.92 Å². The van der Waals surface area contributed by atoms with Crippen LogP contribution < -0.4 is 10.6 Å². The van der Waals surface area contributed by atoms with E-state index in [9.17, 15) is 4.79 Å². The van der Waals surface area contributed by atoms with E-state index >= 15 is 0 Å². The lowest BCUT2D eigenvalue weighted by molar-refractivity contribution is -0.123. The van der Waals surface area contributed by atoms with Crippen LogP contribution in [-0.4, -0.2) is 32.6 Å². The van der Waals surface area contributed by atoms with Crippen LogP contribution >= 0.6 is 0 Å². The molecule has 2 aromatic heterocycles. The van der Waals surface area contributed by atoms with Gasteiger partial charge in [-0.2, -0.15) is 0 Å². The van der Waals surface area contributed by atoms with Crippen LogP contribution in [0.3, 0.4) is 0 Å². The van der Waals surface area contributed by atoms with Crippen molar-refractivity contribution in [2.75, 3.05) is 0 Å². The quantitative estimate of drug-likeness (QED) is 0.907. The Hall–Kier alpha value is -1.95. The van der Waals surface area contributed by atoms with Crippen molar-refractivity contribution in [3.05, 3.63) is 30.2 Å². The normalized spacial score (nSPS) is 28.5. The van der Waals surface area contributed by atoms with Crippen LogP contribution in [0.2, 0.25) is 0 Å². The number of carbonyl (C=O) groups is 1. The molecule has 4 rings (SSSR count). The van der Waals surface area contributed by atoms with Crippen molar-refractivity contribution in [3.63, 3.8) is 0 Å². The van der Waals surface area contributed by atoms with Crippen molar-refractivity contribution in [3.8, 4) is 0 Å². The maximum absolute atomic E-state index is 12.6. The molecule has 1 aliphatic heterocycles. The van der Waals surface area contributed by atoms with Gasteiger partial charge in [0.25, 0.3) is 0 Å². The molecule has 2 aliphatic rings. The molecule has 1 aliphatic carbocycles. The van der Waals surface area contributed by atoms with Crippen LogP contribution in [0.25, 0.3) is 5.65 Å². The van der Waals surface area contributed by atoms with Gasteiger partial charge in [0, 0.05) is 12.2 Å². The Morgan fingerprint density at radius 3 is 3.09 bits per heavy atom. The minimum Gasteiger partial charge on any atom is -0.345 e. The van der Waals surface area contributed by atoms with E-state index < -0.39 is 0 Å². The summed E-state index contributed by atoms with van der Waals surface area (Å²) in [6.45, 7) is 1.96. The van der Waals surface area contributed by atoms with Gasteiger partial charge in [-0.1, -0.05) is 18.9 Å². The fourth-order valence-electron chi connectivity index (χ4n) is 4.05. The molecule has 0 bridgehead atoms. The van der Waals surface area contributed by atoms with Gasteiger partial charge in [-0.25, -0.2) is 0 Å². The first kappa shape index (κ1) is 14.6. The number of hydrogen-bond acceptors (Lipinski definition) is 4. The fourth-order valence-corrected chi connectivity index (χ4v) is 4.05. The highest BCUT2D eigenvalue weighted by Crippen LogP contribution is 2.33. The number of amides is 1. The van der Waals surface area contributed by atoms with Gasteiger partial charge in [-0.3, -0.25) is 9.20 Å². The number of aromatic nitrogens is 3. The molecule has 122 valence electrons. The molecular weight excluding hydrogens is 290 g/mol. The fraction of sp³-hybridized carbons (Fsp3) is 0.588. The van der Waals surface area contributed by atoms with E-state index in [0.29, 0.717) is 12.0 Å². The number of fused-ring (bicyclic) bond motifs is 2. The molecule has 1 saturated carbocycles. The van der Waals surface area contributed by atoms with E-state index in [1.54, 1.807) is 0 Å². The van der Waals surface area contributed by atoms with E-state index in [2.05, 4.69) is 20.8 Å². The second-order valence-corrected chi connectivity index (χ2v) is 6.82. The van der Waals surface area contributed by atoms with Crippen molar-refractivity contribution in [2.24, 2.45) is 5.92 Å². The summed E-state index contributed by atoms with van der Waals surface area (Å²) in [4.78, 5) is 12.6. The van der Waals surface area contributed by atoms with Crippen LogP contribution in [0.4, 0.5) is 0 Å². The Labute approximate surface area is 135 Å². The highest BCUT2D eigenvalue weighted by molar-refractivity contribution is 5.82. The van der Waals surface area contributed by atoms with Gasteiger partial charge in [0.1, 0.15) is 0 Å². The summed E-state index contributed by atoms with van der Waals surface area (Å²) in [6, 6.07) is 6.09. The minimum absolute atomic E-state index is 0.0651. The number of hydrogen-bond donors (Lipinski definition) is 2. The summed E-state index contributed by atoms with van der Waals surface area (Å²) < 4.78 is 1.92. The Morgan fingerprint density at radius 1 is 1.35 bits per heavy atom. The van der Waals surface area contributed by atoms with Gasteiger partial charge < -0.3 is 10.6 Å². The van der Waals surface area contributed by atoms with Crippen molar-refractivity contribution < 1.29 is 4.79 Å². The third-order valence-electron chi connectivity index (χ3n) is 5.27. The van der Waals surface area contributed by atoms with Crippen LogP contribution in [0.5, 0.6) is 0 Å². The maximum Gasteiger partial charge on any atom is 0.237 e. The molecule has 6 nitrogen and oxygen atoms in total. The molecule has 2 aromatic rings. The maximum atomic E-state index is 12.6.